The van der Waals surface area contributed by atoms with Crippen molar-refractivity contribution >= 4 is 22.7 Å². The lowest BCUT2D eigenvalue weighted by molar-refractivity contribution is -0.139. The van der Waals surface area contributed by atoms with Crippen LogP contribution in [-0.4, -0.2) is 33.6 Å². The van der Waals surface area contributed by atoms with E-state index in [4.69, 9.17) is 9.84 Å². The Hall–Kier alpha value is -2.67. The number of benzene rings is 2. The van der Waals surface area contributed by atoms with Crippen LogP contribution < -0.4 is 10.1 Å². The van der Waals surface area contributed by atoms with Gasteiger partial charge in [0.05, 0.1) is 27.3 Å². The first kappa shape index (κ1) is 19.7. The molecule has 2 aromatic rings. The Labute approximate surface area is 154 Å². The highest BCUT2D eigenvalue weighted by molar-refractivity contribution is 7.85. The van der Waals surface area contributed by atoms with Gasteiger partial charge in [-0.2, -0.15) is 0 Å². The van der Waals surface area contributed by atoms with Gasteiger partial charge < -0.3 is 15.2 Å². The van der Waals surface area contributed by atoms with E-state index in [0.717, 1.165) is 5.56 Å². The van der Waals surface area contributed by atoms with E-state index in [1.807, 2.05) is 6.92 Å². The molecule has 0 spiro atoms. The Morgan fingerprint density at radius 3 is 2.42 bits per heavy atom. The highest BCUT2D eigenvalue weighted by atomic mass is 32.2. The van der Waals surface area contributed by atoms with Crippen LogP contribution in [0.15, 0.2) is 53.4 Å². The van der Waals surface area contributed by atoms with E-state index < -0.39 is 23.4 Å². The summed E-state index contributed by atoms with van der Waals surface area (Å²) >= 11 is 0. The molecule has 0 saturated carbocycles. The van der Waals surface area contributed by atoms with Crippen molar-refractivity contribution in [2.24, 2.45) is 0 Å². The maximum absolute atomic E-state index is 12.6. The molecule has 0 saturated heterocycles. The summed E-state index contributed by atoms with van der Waals surface area (Å²) in [6.07, 6.45) is 0. The largest absolute Gasteiger partial charge is 0.482 e. The SMILES string of the molecule is CCS(=O)c1ccccc1C(=O)NC(C)c1ccc(OCC(=O)O)cc1. The molecule has 0 fully saturated rings. The molecule has 138 valence electrons. The number of carboxylic acid groups (broad SMARTS) is 1. The zero-order valence-corrected chi connectivity index (χ0v) is 15.4. The molecule has 0 heterocycles. The number of carbonyl (C=O) groups excluding carboxylic acids is 1. The highest BCUT2D eigenvalue weighted by Gasteiger charge is 2.17. The van der Waals surface area contributed by atoms with Crippen molar-refractivity contribution in [3.8, 4) is 5.75 Å². The van der Waals surface area contributed by atoms with Gasteiger partial charge in [0.15, 0.2) is 6.61 Å². The number of hydrogen-bond donors (Lipinski definition) is 2. The molecule has 1 amide bonds. The van der Waals surface area contributed by atoms with Gasteiger partial charge in [-0.1, -0.05) is 31.2 Å². The third-order valence-electron chi connectivity index (χ3n) is 3.73. The molecule has 2 atom stereocenters. The Morgan fingerprint density at radius 1 is 1.15 bits per heavy atom. The van der Waals surface area contributed by atoms with Gasteiger partial charge in [0.25, 0.3) is 5.91 Å². The molecule has 2 aromatic carbocycles. The predicted octanol–water partition coefficient (Wildman–Crippen LogP) is 2.77. The Kier molecular flexibility index (Phi) is 6.91. The van der Waals surface area contributed by atoms with Crippen LogP contribution in [0.5, 0.6) is 5.75 Å². The molecule has 7 heteroatoms. The van der Waals surface area contributed by atoms with E-state index in [2.05, 4.69) is 5.32 Å². The fraction of sp³-hybridized carbons (Fsp3) is 0.263. The Morgan fingerprint density at radius 2 is 1.81 bits per heavy atom. The summed E-state index contributed by atoms with van der Waals surface area (Å²) < 4.78 is 17.2. The molecule has 26 heavy (non-hydrogen) atoms. The first-order chi connectivity index (χ1) is 12.4. The second-order valence-corrected chi connectivity index (χ2v) is 7.29. The van der Waals surface area contributed by atoms with Gasteiger partial charge in [0.1, 0.15) is 5.75 Å². The van der Waals surface area contributed by atoms with Gasteiger partial charge >= 0.3 is 5.97 Å². The second-order valence-electron chi connectivity index (χ2n) is 5.58. The maximum Gasteiger partial charge on any atom is 0.341 e. The first-order valence-electron chi connectivity index (χ1n) is 8.15. The quantitative estimate of drug-likeness (QED) is 0.740. The Bertz CT molecular complexity index is 804. The summed E-state index contributed by atoms with van der Waals surface area (Å²) in [5.41, 5.74) is 1.25. The van der Waals surface area contributed by atoms with Crippen molar-refractivity contribution < 1.29 is 23.6 Å². The number of aliphatic carboxylic acids is 1. The molecule has 0 aliphatic carbocycles. The average Bonchev–Trinajstić information content (AvgIpc) is 2.66. The molecule has 2 N–H and O–H groups in total. The van der Waals surface area contributed by atoms with Gasteiger partial charge in [-0.25, -0.2) is 4.79 Å². The van der Waals surface area contributed by atoms with Gasteiger partial charge in [-0.3, -0.25) is 9.00 Å². The highest BCUT2D eigenvalue weighted by Crippen LogP contribution is 2.19. The monoisotopic (exact) mass is 375 g/mol. The molecule has 0 bridgehead atoms. The summed E-state index contributed by atoms with van der Waals surface area (Å²) in [7, 11) is -1.22. The number of carboxylic acids is 1. The molecular formula is C19H21NO5S. The van der Waals surface area contributed by atoms with E-state index >= 15 is 0 Å². The van der Waals surface area contributed by atoms with Crippen molar-refractivity contribution in [3.63, 3.8) is 0 Å². The van der Waals surface area contributed by atoms with Crippen molar-refractivity contribution in [2.45, 2.75) is 24.8 Å². The summed E-state index contributed by atoms with van der Waals surface area (Å²) in [5.74, 6) is -0.449. The van der Waals surface area contributed by atoms with Crippen LogP contribution in [0.1, 0.15) is 35.8 Å². The molecule has 6 nitrogen and oxygen atoms in total. The van der Waals surface area contributed by atoms with E-state index in [0.29, 0.717) is 22.0 Å². The van der Waals surface area contributed by atoms with E-state index in [1.165, 1.54) is 0 Å². The van der Waals surface area contributed by atoms with Crippen LogP contribution in [-0.2, 0) is 15.6 Å². The number of hydrogen-bond acceptors (Lipinski definition) is 4. The van der Waals surface area contributed by atoms with Gasteiger partial charge in [0.2, 0.25) is 0 Å². The number of ether oxygens (including phenoxy) is 1. The minimum atomic E-state index is -1.22. The lowest BCUT2D eigenvalue weighted by atomic mass is 10.1. The minimum Gasteiger partial charge on any atom is -0.482 e. The smallest absolute Gasteiger partial charge is 0.341 e. The van der Waals surface area contributed by atoms with Crippen LogP contribution in [0, 0.1) is 0 Å². The number of amides is 1. The van der Waals surface area contributed by atoms with Gasteiger partial charge in [-0.05, 0) is 36.8 Å². The lowest BCUT2D eigenvalue weighted by Crippen LogP contribution is -2.27. The molecule has 0 aromatic heterocycles. The van der Waals surface area contributed by atoms with Crippen LogP contribution in [0.2, 0.25) is 0 Å². The number of rotatable bonds is 8. The van der Waals surface area contributed by atoms with Crippen LogP contribution in [0.3, 0.4) is 0 Å². The van der Waals surface area contributed by atoms with Crippen LogP contribution in [0.25, 0.3) is 0 Å². The van der Waals surface area contributed by atoms with Crippen LogP contribution >= 0.6 is 0 Å². The molecule has 2 unspecified atom stereocenters. The van der Waals surface area contributed by atoms with Crippen molar-refractivity contribution in [1.82, 2.24) is 5.32 Å². The molecule has 0 radical (unpaired) electrons. The standard InChI is InChI=1S/C19H21NO5S/c1-3-26(24)17-7-5-4-6-16(17)19(23)20-13(2)14-8-10-15(11-9-14)25-12-18(21)22/h4-11,13H,3,12H2,1-2H3,(H,20,23)(H,21,22). The van der Waals surface area contributed by atoms with Crippen molar-refractivity contribution in [1.29, 1.82) is 0 Å². The Balaban J connectivity index is 2.08. The zero-order chi connectivity index (χ0) is 19.1. The number of nitrogens with one attached hydrogen (secondary N) is 1. The maximum atomic E-state index is 12.6. The molecule has 0 aliphatic rings. The summed E-state index contributed by atoms with van der Waals surface area (Å²) in [6.45, 7) is 3.24. The zero-order valence-electron chi connectivity index (χ0n) is 14.6. The second kappa shape index (κ2) is 9.15. The molecular weight excluding hydrogens is 354 g/mol. The summed E-state index contributed by atoms with van der Waals surface area (Å²) in [6, 6.07) is 13.4. The lowest BCUT2D eigenvalue weighted by Gasteiger charge is -2.16. The van der Waals surface area contributed by atoms with E-state index in [-0.39, 0.29) is 11.9 Å². The average molecular weight is 375 g/mol. The van der Waals surface area contributed by atoms with Crippen molar-refractivity contribution in [2.75, 3.05) is 12.4 Å². The number of carbonyl (C=O) groups is 2. The molecule has 0 aliphatic heterocycles. The predicted molar refractivity (Wildman–Crippen MR) is 98.8 cm³/mol. The first-order valence-corrected chi connectivity index (χ1v) is 9.47. The summed E-state index contributed by atoms with van der Waals surface area (Å²) in [5, 5.41) is 11.5. The fourth-order valence-electron chi connectivity index (χ4n) is 2.36. The topological polar surface area (TPSA) is 92.7 Å². The van der Waals surface area contributed by atoms with Crippen LogP contribution in [0.4, 0.5) is 0 Å². The van der Waals surface area contributed by atoms with Crippen molar-refractivity contribution in [3.05, 3.63) is 59.7 Å². The minimum absolute atomic E-state index is 0.279. The van der Waals surface area contributed by atoms with E-state index in [1.54, 1.807) is 55.5 Å². The normalized spacial score (nSPS) is 12.8. The van der Waals surface area contributed by atoms with Gasteiger partial charge in [0, 0.05) is 5.75 Å². The van der Waals surface area contributed by atoms with Gasteiger partial charge in [-0.15, -0.1) is 0 Å². The molecule has 2 rings (SSSR count). The van der Waals surface area contributed by atoms with E-state index in [9.17, 15) is 13.8 Å². The summed E-state index contributed by atoms with van der Waals surface area (Å²) in [4.78, 5) is 23.6. The third kappa shape index (κ3) is 5.16. The third-order valence-corrected chi connectivity index (χ3v) is 5.10. The fourth-order valence-corrected chi connectivity index (χ4v) is 3.31.